The molecule has 6 heteroatoms. The predicted molar refractivity (Wildman–Crippen MR) is 138 cm³/mol. The third-order valence-corrected chi connectivity index (χ3v) is 11.0. The van der Waals surface area contributed by atoms with E-state index >= 15 is 0 Å². The fraction of sp³-hybridized carbons (Fsp3) is 0.600. The molecule has 1 amide bonds. The Bertz CT molecular complexity index is 1280. The van der Waals surface area contributed by atoms with Crippen molar-refractivity contribution in [2.45, 2.75) is 78.4 Å². The lowest BCUT2D eigenvalue weighted by molar-refractivity contribution is -0.176. The normalized spacial score (nSPS) is 38.2. The number of hydrogen-bond acceptors (Lipinski definition) is 3. The fourth-order valence-corrected chi connectivity index (χ4v) is 9.24. The summed E-state index contributed by atoms with van der Waals surface area (Å²) in [6.45, 7) is 6.99. The van der Waals surface area contributed by atoms with Gasteiger partial charge < -0.3 is 20.1 Å². The number of para-hydroxylation sites is 1. The molecule has 2 aromatic rings. The number of aliphatic hydroxyl groups excluding tert-OH is 1. The molecule has 1 unspecified atom stereocenters. The average molecular weight is 491 g/mol. The van der Waals surface area contributed by atoms with E-state index in [1.807, 2.05) is 31.3 Å². The van der Waals surface area contributed by atoms with E-state index < -0.39 is 17.6 Å². The van der Waals surface area contributed by atoms with E-state index in [1.165, 1.54) is 0 Å². The Morgan fingerprint density at radius 1 is 1.11 bits per heavy atom. The Morgan fingerprint density at radius 2 is 1.89 bits per heavy atom. The van der Waals surface area contributed by atoms with Crippen molar-refractivity contribution in [1.82, 2.24) is 9.88 Å². The Labute approximate surface area is 212 Å². The number of nitrogens with one attached hydrogen (secondary N) is 1. The molecule has 2 fully saturated rings. The molecule has 3 N–H and O–H groups in total. The maximum atomic E-state index is 13.6. The van der Waals surface area contributed by atoms with Crippen molar-refractivity contribution in [2.24, 2.45) is 28.1 Å². The number of carboxylic acid groups (broad SMARTS) is 1. The molecule has 6 rings (SSSR count). The molecule has 1 aliphatic heterocycles. The average Bonchev–Trinajstić information content (AvgIpc) is 3.36. The summed E-state index contributed by atoms with van der Waals surface area (Å²) in [7, 11) is 0. The number of nitrogens with zero attached hydrogens (tertiary/aromatic N) is 1. The smallest absolute Gasteiger partial charge is 0.309 e. The van der Waals surface area contributed by atoms with Gasteiger partial charge in [-0.25, -0.2) is 0 Å². The van der Waals surface area contributed by atoms with Crippen molar-refractivity contribution < 1.29 is 19.8 Å². The minimum absolute atomic E-state index is 0.0108. The third kappa shape index (κ3) is 3.06. The Hall–Kier alpha value is -2.60. The molecular weight excluding hydrogens is 452 g/mol. The second kappa shape index (κ2) is 7.95. The van der Waals surface area contributed by atoms with Crippen molar-refractivity contribution in [1.29, 1.82) is 0 Å². The van der Waals surface area contributed by atoms with Crippen LogP contribution in [0.15, 0.2) is 41.6 Å². The maximum Gasteiger partial charge on any atom is 0.309 e. The molecule has 6 nitrogen and oxygen atoms in total. The Morgan fingerprint density at radius 3 is 2.67 bits per heavy atom. The van der Waals surface area contributed by atoms with Gasteiger partial charge >= 0.3 is 5.97 Å². The van der Waals surface area contributed by atoms with Crippen LogP contribution in [-0.4, -0.2) is 44.7 Å². The first-order chi connectivity index (χ1) is 17.1. The molecular formula is C30H38N2O4. The van der Waals surface area contributed by atoms with E-state index in [9.17, 15) is 19.8 Å². The van der Waals surface area contributed by atoms with E-state index in [4.69, 9.17) is 0 Å². The highest BCUT2D eigenvalue weighted by molar-refractivity contribution is 5.98. The van der Waals surface area contributed by atoms with Crippen molar-refractivity contribution in [3.63, 3.8) is 0 Å². The highest BCUT2D eigenvalue weighted by Crippen LogP contribution is 2.69. The highest BCUT2D eigenvalue weighted by Gasteiger charge is 2.65. The van der Waals surface area contributed by atoms with Crippen LogP contribution < -0.4 is 0 Å². The lowest BCUT2D eigenvalue weighted by Gasteiger charge is -2.63. The monoisotopic (exact) mass is 490 g/mol. The lowest BCUT2D eigenvalue weighted by Crippen LogP contribution is -2.59. The number of aromatic amines is 1. The van der Waals surface area contributed by atoms with Crippen molar-refractivity contribution in [2.75, 3.05) is 6.54 Å². The first-order valence-electron chi connectivity index (χ1n) is 13.6. The molecule has 36 heavy (non-hydrogen) atoms. The molecule has 192 valence electrons. The zero-order valence-corrected chi connectivity index (χ0v) is 21.6. The van der Waals surface area contributed by atoms with Crippen LogP contribution in [0.1, 0.15) is 71.3 Å². The van der Waals surface area contributed by atoms with Gasteiger partial charge in [-0.15, -0.1) is 0 Å². The fourth-order valence-electron chi connectivity index (χ4n) is 9.24. The molecule has 2 saturated carbocycles. The topological polar surface area (TPSA) is 93.6 Å². The van der Waals surface area contributed by atoms with Crippen LogP contribution in [0.4, 0.5) is 0 Å². The summed E-state index contributed by atoms with van der Waals surface area (Å²) in [6, 6.07) is 8.17. The zero-order valence-electron chi connectivity index (χ0n) is 21.6. The van der Waals surface area contributed by atoms with E-state index in [1.54, 1.807) is 4.90 Å². The molecule has 1 aromatic carbocycles. The standard InChI is InChI=1S/C30H38N2O4/c1-28-13-6-14-30(3,27(35)36)23(28)11-15-29(2)22(28)10-9-20-24(29)26(34)32(25(20)33)16-12-18-17-31-21-8-5-4-7-19(18)21/h4-5,7-8,17,22-23,26,31,34H,6,9-16H2,1-3H3,(H,35,36)/t22-,23-,26?,28-,29-,30+/m1/s1. The summed E-state index contributed by atoms with van der Waals surface area (Å²) in [4.78, 5) is 30.9. The number of rotatable bonds is 4. The summed E-state index contributed by atoms with van der Waals surface area (Å²) in [6.07, 6.45) is 7.73. The number of carbonyl (C=O) groups excluding carboxylic acids is 1. The molecule has 2 heterocycles. The van der Waals surface area contributed by atoms with Gasteiger partial charge in [-0.05, 0) is 91.7 Å². The van der Waals surface area contributed by atoms with Crippen molar-refractivity contribution in [3.8, 4) is 0 Å². The summed E-state index contributed by atoms with van der Waals surface area (Å²) in [5.74, 6) is -0.276. The quantitative estimate of drug-likeness (QED) is 0.544. The summed E-state index contributed by atoms with van der Waals surface area (Å²) in [5, 5.41) is 23.0. The van der Waals surface area contributed by atoms with Crippen LogP contribution in [0.2, 0.25) is 0 Å². The second-order valence-electron chi connectivity index (χ2n) is 12.6. The molecule has 0 spiro atoms. The van der Waals surface area contributed by atoms with Crippen LogP contribution in [0.3, 0.4) is 0 Å². The van der Waals surface area contributed by atoms with E-state index in [2.05, 4.69) is 24.9 Å². The van der Waals surface area contributed by atoms with Gasteiger partial charge in [-0.3, -0.25) is 9.59 Å². The van der Waals surface area contributed by atoms with Gasteiger partial charge in [0.05, 0.1) is 5.41 Å². The van der Waals surface area contributed by atoms with Gasteiger partial charge in [0.1, 0.15) is 0 Å². The van der Waals surface area contributed by atoms with Gasteiger partial charge in [-0.1, -0.05) is 38.5 Å². The number of benzene rings is 1. The highest BCUT2D eigenvalue weighted by atomic mass is 16.4. The number of H-pyrrole nitrogens is 1. The van der Waals surface area contributed by atoms with Crippen LogP contribution in [-0.2, 0) is 16.0 Å². The lowest BCUT2D eigenvalue weighted by atomic mass is 9.40. The maximum absolute atomic E-state index is 13.6. The van der Waals surface area contributed by atoms with Gasteiger partial charge in [0, 0.05) is 29.2 Å². The Balaban J connectivity index is 1.28. The van der Waals surface area contributed by atoms with Gasteiger partial charge in [0.2, 0.25) is 0 Å². The third-order valence-electron chi connectivity index (χ3n) is 11.0. The largest absolute Gasteiger partial charge is 0.481 e. The molecule has 4 aliphatic rings. The number of carbonyl (C=O) groups is 2. The minimum Gasteiger partial charge on any atom is -0.481 e. The number of aliphatic hydroxyl groups is 1. The number of aliphatic carboxylic acids is 1. The first kappa shape index (κ1) is 23.8. The van der Waals surface area contributed by atoms with Crippen LogP contribution in [0.25, 0.3) is 10.9 Å². The van der Waals surface area contributed by atoms with E-state index in [-0.39, 0.29) is 28.6 Å². The SMILES string of the molecule is C[C@]12CCC[C@](C)(C(=O)O)[C@@H]1CC[C@@]1(C)C3=C(CC[C@H]21)C(=O)N(CCc1c[nH]c2ccccc12)C3O. The molecule has 6 atom stereocenters. The molecule has 3 aliphatic carbocycles. The molecule has 0 saturated heterocycles. The van der Waals surface area contributed by atoms with E-state index in [0.717, 1.165) is 66.1 Å². The molecule has 0 radical (unpaired) electrons. The van der Waals surface area contributed by atoms with Gasteiger partial charge in [0.15, 0.2) is 6.23 Å². The number of hydrogen-bond donors (Lipinski definition) is 3. The summed E-state index contributed by atoms with van der Waals surface area (Å²) >= 11 is 0. The van der Waals surface area contributed by atoms with Crippen LogP contribution in [0, 0.1) is 28.1 Å². The summed E-state index contributed by atoms with van der Waals surface area (Å²) in [5.41, 5.74) is 2.92. The van der Waals surface area contributed by atoms with Crippen LogP contribution >= 0.6 is 0 Å². The van der Waals surface area contributed by atoms with Crippen LogP contribution in [0.5, 0.6) is 0 Å². The Kier molecular flexibility index (Phi) is 5.25. The first-order valence-corrected chi connectivity index (χ1v) is 13.6. The number of amides is 1. The van der Waals surface area contributed by atoms with Crippen molar-refractivity contribution >= 4 is 22.8 Å². The number of aromatic nitrogens is 1. The number of fused-ring (bicyclic) bond motifs is 5. The van der Waals surface area contributed by atoms with E-state index in [0.29, 0.717) is 19.4 Å². The number of carboxylic acids is 1. The zero-order chi connectivity index (χ0) is 25.5. The van der Waals surface area contributed by atoms with Crippen molar-refractivity contribution in [3.05, 3.63) is 47.2 Å². The van der Waals surface area contributed by atoms with Gasteiger partial charge in [-0.2, -0.15) is 0 Å². The molecule has 0 bridgehead atoms. The second-order valence-corrected chi connectivity index (χ2v) is 12.6. The molecule has 1 aromatic heterocycles. The summed E-state index contributed by atoms with van der Waals surface area (Å²) < 4.78 is 0. The minimum atomic E-state index is -0.889. The van der Waals surface area contributed by atoms with Gasteiger partial charge in [0.25, 0.3) is 5.91 Å². The predicted octanol–water partition coefficient (Wildman–Crippen LogP) is 5.28.